The summed E-state index contributed by atoms with van der Waals surface area (Å²) in [5.74, 6) is 0. The van der Waals surface area contributed by atoms with Crippen molar-refractivity contribution in [2.24, 2.45) is 0 Å². The van der Waals surface area contributed by atoms with Crippen molar-refractivity contribution < 1.29 is 37.7 Å². The molecule has 64 valence electrons. The van der Waals surface area contributed by atoms with Gasteiger partial charge in [-0.2, -0.15) is 0 Å². The van der Waals surface area contributed by atoms with Gasteiger partial charge in [-0.15, -0.1) is 11.1 Å². The van der Waals surface area contributed by atoms with Crippen LogP contribution in [-0.2, 0) is 0 Å². The van der Waals surface area contributed by atoms with Gasteiger partial charge < -0.3 is 11.5 Å². The third-order valence-electron chi connectivity index (χ3n) is 0. The Kier molecular flexibility index (Phi) is 16.8. The maximum absolute atomic E-state index is 6.94. The van der Waals surface area contributed by atoms with Gasteiger partial charge in [0.05, 0.1) is 0 Å². The van der Waals surface area contributed by atoms with Crippen molar-refractivity contribution in [2.75, 3.05) is 0 Å². The van der Waals surface area contributed by atoms with E-state index in [1.165, 1.54) is 0 Å². The van der Waals surface area contributed by atoms with E-state index in [2.05, 4.69) is 0 Å². The summed E-state index contributed by atoms with van der Waals surface area (Å²) in [5.41, 5.74) is 13.4. The van der Waals surface area contributed by atoms with Crippen LogP contribution in [0.4, 0.5) is 0 Å². The van der Waals surface area contributed by atoms with Crippen molar-refractivity contribution in [1.82, 2.24) is 0 Å². The summed E-state index contributed by atoms with van der Waals surface area (Å²) < 4.78 is 0. The molecule has 0 spiro atoms. The molecule has 0 atom stereocenters. The van der Waals surface area contributed by atoms with Gasteiger partial charge in [0.25, 0.3) is 0 Å². The SMILES string of the molecule is CC(C)(C)[NH-].CC(C)(C)[NH-].[Li+].[Li+]. The molecule has 2 nitrogen and oxygen atoms in total. The number of rotatable bonds is 0. The first-order valence-electron chi connectivity index (χ1n) is 3.50. The van der Waals surface area contributed by atoms with Crippen LogP contribution in [0.1, 0.15) is 41.5 Å². The Balaban J connectivity index is -0.0000000457. The van der Waals surface area contributed by atoms with Gasteiger partial charge in [0, 0.05) is 0 Å². The van der Waals surface area contributed by atoms with Crippen LogP contribution >= 0.6 is 0 Å². The smallest absolute Gasteiger partial charge is 0.673 e. The van der Waals surface area contributed by atoms with Gasteiger partial charge in [-0.05, 0) is 0 Å². The Morgan fingerprint density at radius 3 is 0.583 bits per heavy atom. The molecule has 2 N–H and O–H groups in total. The van der Waals surface area contributed by atoms with E-state index >= 15 is 0 Å². The van der Waals surface area contributed by atoms with Crippen LogP contribution in [0, 0.1) is 0 Å². The third kappa shape index (κ3) is 915. The average molecular weight is 158 g/mol. The predicted molar refractivity (Wildman–Crippen MR) is 48.1 cm³/mol. The van der Waals surface area contributed by atoms with Crippen LogP contribution < -0.4 is 37.7 Å². The normalized spacial score (nSPS) is 10.0. The standard InChI is InChI=1S/2C4H10N.2Li/c2*1-4(2,3)5;;/h2*5H,1-3H3;;/q2*-1;2*+1. The molecule has 0 radical (unpaired) electrons. The predicted octanol–water partition coefficient (Wildman–Crippen LogP) is -2.32. The summed E-state index contributed by atoms with van der Waals surface area (Å²) in [4.78, 5) is 0. The van der Waals surface area contributed by atoms with Gasteiger partial charge in [0.15, 0.2) is 0 Å². The fourth-order valence-corrected chi connectivity index (χ4v) is 0. The number of nitrogens with one attached hydrogen (secondary N) is 2. The molecule has 0 saturated heterocycles. The van der Waals surface area contributed by atoms with E-state index in [4.69, 9.17) is 11.5 Å². The monoisotopic (exact) mass is 158 g/mol. The molecule has 0 aromatic heterocycles. The maximum Gasteiger partial charge on any atom is 1.00 e. The van der Waals surface area contributed by atoms with Crippen molar-refractivity contribution >= 4 is 0 Å². The van der Waals surface area contributed by atoms with Crippen LogP contribution in [0.25, 0.3) is 11.5 Å². The topological polar surface area (TPSA) is 47.6 Å². The minimum Gasteiger partial charge on any atom is -0.673 e. The molecule has 0 heterocycles. The molecular formula is C8H20Li2N2. The van der Waals surface area contributed by atoms with Crippen LogP contribution in [-0.4, -0.2) is 11.1 Å². The average Bonchev–Trinajstić information content (AvgIpc) is 1.12. The van der Waals surface area contributed by atoms with E-state index in [0.29, 0.717) is 0 Å². The first kappa shape index (κ1) is 23.2. The fourth-order valence-electron chi connectivity index (χ4n) is 0. The van der Waals surface area contributed by atoms with Gasteiger partial charge in [-0.25, -0.2) is 0 Å². The first-order chi connectivity index (χ1) is 4.00. The van der Waals surface area contributed by atoms with Gasteiger partial charge in [-0.3, -0.25) is 0 Å². The summed E-state index contributed by atoms with van der Waals surface area (Å²) in [6.45, 7) is 11.1. The van der Waals surface area contributed by atoms with Crippen LogP contribution in [0.2, 0.25) is 0 Å². The maximum atomic E-state index is 6.94. The Labute approximate surface area is 102 Å². The molecule has 0 aromatic carbocycles. The van der Waals surface area contributed by atoms with E-state index in [9.17, 15) is 0 Å². The zero-order valence-corrected chi connectivity index (χ0v) is 10.0. The quantitative estimate of drug-likeness (QED) is 0.355. The summed E-state index contributed by atoms with van der Waals surface area (Å²) in [7, 11) is 0. The Hall–Kier alpha value is 1.11. The molecule has 4 heteroatoms. The van der Waals surface area contributed by atoms with Crippen molar-refractivity contribution in [1.29, 1.82) is 0 Å². The largest absolute Gasteiger partial charge is 1.00 e. The summed E-state index contributed by atoms with van der Waals surface area (Å²) in [6.07, 6.45) is 0. The van der Waals surface area contributed by atoms with E-state index in [0.717, 1.165) is 0 Å². The van der Waals surface area contributed by atoms with E-state index < -0.39 is 0 Å². The molecule has 0 aliphatic carbocycles. The van der Waals surface area contributed by atoms with Gasteiger partial charge >= 0.3 is 37.7 Å². The molecule has 0 bridgehead atoms. The van der Waals surface area contributed by atoms with Gasteiger partial charge in [-0.1, -0.05) is 41.5 Å². The van der Waals surface area contributed by atoms with Crippen LogP contribution in [0.5, 0.6) is 0 Å². The van der Waals surface area contributed by atoms with Gasteiger partial charge in [0.2, 0.25) is 0 Å². The molecule has 0 saturated carbocycles. The van der Waals surface area contributed by atoms with Crippen LogP contribution in [0.15, 0.2) is 0 Å². The van der Waals surface area contributed by atoms with E-state index in [1.54, 1.807) is 0 Å². The van der Waals surface area contributed by atoms with E-state index in [-0.39, 0.29) is 48.8 Å². The van der Waals surface area contributed by atoms with Crippen LogP contribution in [0.3, 0.4) is 0 Å². The summed E-state index contributed by atoms with van der Waals surface area (Å²) in [5, 5.41) is 0. The van der Waals surface area contributed by atoms with Gasteiger partial charge in [0.1, 0.15) is 0 Å². The molecular weight excluding hydrogens is 138 g/mol. The Morgan fingerprint density at radius 1 is 0.583 bits per heavy atom. The second kappa shape index (κ2) is 8.70. The molecule has 0 aliphatic rings. The zero-order valence-electron chi connectivity index (χ0n) is 10.0. The second-order valence-electron chi connectivity index (χ2n) is 4.50. The van der Waals surface area contributed by atoms with Crippen molar-refractivity contribution in [3.05, 3.63) is 11.5 Å². The molecule has 12 heavy (non-hydrogen) atoms. The van der Waals surface area contributed by atoms with Crippen molar-refractivity contribution in [2.45, 2.75) is 52.6 Å². The molecule has 0 aliphatic heterocycles. The summed E-state index contributed by atoms with van der Waals surface area (Å²) >= 11 is 0. The first-order valence-corrected chi connectivity index (χ1v) is 3.50. The molecule has 0 fully saturated rings. The minimum atomic E-state index is -0.250. The zero-order chi connectivity index (χ0) is 9.00. The minimum absolute atomic E-state index is 0. The summed E-state index contributed by atoms with van der Waals surface area (Å²) in [6, 6.07) is 0. The Morgan fingerprint density at radius 2 is 0.583 bits per heavy atom. The second-order valence-corrected chi connectivity index (χ2v) is 4.50. The molecule has 0 unspecified atom stereocenters. The van der Waals surface area contributed by atoms with Crippen molar-refractivity contribution in [3.63, 3.8) is 0 Å². The number of hydrogen-bond acceptors (Lipinski definition) is 0. The third-order valence-corrected chi connectivity index (χ3v) is 0. The molecule has 0 amide bonds. The van der Waals surface area contributed by atoms with E-state index in [1.807, 2.05) is 41.5 Å². The Bertz CT molecular complexity index is 58.0. The fraction of sp³-hybridized carbons (Fsp3) is 1.00. The molecule has 0 rings (SSSR count). The number of hydrogen-bond donors (Lipinski definition) is 0. The van der Waals surface area contributed by atoms with Crippen molar-refractivity contribution in [3.8, 4) is 0 Å². The molecule has 0 aromatic rings.